The van der Waals surface area contributed by atoms with Gasteiger partial charge in [-0.05, 0) is 32.3 Å². The third-order valence-corrected chi connectivity index (χ3v) is 3.31. The first-order chi connectivity index (χ1) is 7.86. The van der Waals surface area contributed by atoms with Crippen LogP contribution in [0.1, 0.15) is 40.5 Å². The van der Waals surface area contributed by atoms with Crippen molar-refractivity contribution >= 4 is 11.6 Å². The summed E-state index contributed by atoms with van der Waals surface area (Å²) >= 11 is 5.63. The van der Waals surface area contributed by atoms with Crippen molar-refractivity contribution in [3.63, 3.8) is 0 Å². The summed E-state index contributed by atoms with van der Waals surface area (Å²) in [6.07, 6.45) is 3.21. The van der Waals surface area contributed by atoms with Crippen LogP contribution in [0.5, 0.6) is 0 Å². The number of aliphatic hydroxyl groups is 1. The quantitative estimate of drug-likeness (QED) is 0.558. The average Bonchev–Trinajstić information content (AvgIpc) is 2.14. The van der Waals surface area contributed by atoms with Crippen molar-refractivity contribution in [3.05, 3.63) is 22.8 Å². The van der Waals surface area contributed by atoms with E-state index >= 15 is 0 Å². The monoisotopic (exact) mass is 252 g/mol. The average molecular weight is 253 g/mol. The van der Waals surface area contributed by atoms with Crippen molar-refractivity contribution in [2.75, 3.05) is 5.88 Å². The van der Waals surface area contributed by atoms with Crippen LogP contribution in [0.3, 0.4) is 0 Å². The Kier molecular flexibility index (Phi) is 4.86. The molecule has 1 aliphatic carbocycles. The van der Waals surface area contributed by atoms with Crippen molar-refractivity contribution in [3.8, 4) is 11.8 Å². The largest absolute Gasteiger partial charge is 0.393 e. The third kappa shape index (κ3) is 3.91. The normalized spacial score (nSPS) is 24.4. The number of halogens is 1. The lowest BCUT2D eigenvalue weighted by Gasteiger charge is -2.34. The molecule has 0 fully saturated rings. The Bertz CT molecular complexity index is 404. The highest BCUT2D eigenvalue weighted by Crippen LogP contribution is 2.39. The first kappa shape index (κ1) is 14.4. The second kappa shape index (κ2) is 5.76. The van der Waals surface area contributed by atoms with Crippen molar-refractivity contribution in [2.24, 2.45) is 5.41 Å². The van der Waals surface area contributed by atoms with Crippen LogP contribution in [0, 0.1) is 17.3 Å². The number of hydrogen-bond donors (Lipinski definition) is 1. The van der Waals surface area contributed by atoms with Crippen molar-refractivity contribution < 1.29 is 5.11 Å². The molecule has 0 aromatic heterocycles. The second-order valence-corrected chi connectivity index (χ2v) is 5.70. The first-order valence-corrected chi connectivity index (χ1v) is 6.53. The molecular formula is C15H21ClO. The second-order valence-electron chi connectivity index (χ2n) is 5.39. The fourth-order valence-electron chi connectivity index (χ4n) is 2.40. The molecule has 0 heterocycles. The first-order valence-electron chi connectivity index (χ1n) is 6.00. The molecule has 0 aromatic carbocycles. The van der Waals surface area contributed by atoms with Gasteiger partial charge in [0.1, 0.15) is 0 Å². The minimum absolute atomic E-state index is 0.0318. The maximum Gasteiger partial charge on any atom is 0.0586 e. The molecule has 2 heteroatoms. The highest BCUT2D eigenvalue weighted by Gasteiger charge is 2.31. The number of alkyl halides is 1. The summed E-state index contributed by atoms with van der Waals surface area (Å²) in [4.78, 5) is 0. The van der Waals surface area contributed by atoms with Gasteiger partial charge in [-0.1, -0.05) is 37.3 Å². The van der Waals surface area contributed by atoms with Crippen LogP contribution in [0.4, 0.5) is 0 Å². The van der Waals surface area contributed by atoms with E-state index in [0.29, 0.717) is 5.88 Å². The van der Waals surface area contributed by atoms with E-state index in [2.05, 4.69) is 32.6 Å². The molecule has 0 aliphatic heterocycles. The fourth-order valence-corrected chi connectivity index (χ4v) is 2.63. The SMILES string of the molecule is CC(C#CC1=C(C)CC(O)CC1(C)C)=CCCl. The van der Waals surface area contributed by atoms with Crippen LogP contribution in [0.15, 0.2) is 22.8 Å². The predicted molar refractivity (Wildman–Crippen MR) is 74.0 cm³/mol. The molecule has 0 bridgehead atoms. The lowest BCUT2D eigenvalue weighted by atomic mass is 9.72. The van der Waals surface area contributed by atoms with Gasteiger partial charge < -0.3 is 5.11 Å². The van der Waals surface area contributed by atoms with Crippen LogP contribution in [-0.2, 0) is 0 Å². The van der Waals surface area contributed by atoms with Gasteiger partial charge in [-0.25, -0.2) is 0 Å². The topological polar surface area (TPSA) is 20.2 Å². The zero-order chi connectivity index (χ0) is 13.1. The summed E-state index contributed by atoms with van der Waals surface area (Å²) in [5, 5.41) is 9.78. The summed E-state index contributed by atoms with van der Waals surface area (Å²) in [7, 11) is 0. The Hall–Kier alpha value is -0.710. The Labute approximate surface area is 110 Å². The lowest BCUT2D eigenvalue weighted by Crippen LogP contribution is -2.28. The van der Waals surface area contributed by atoms with Crippen molar-refractivity contribution in [2.45, 2.75) is 46.6 Å². The van der Waals surface area contributed by atoms with Gasteiger partial charge in [0.15, 0.2) is 0 Å². The zero-order valence-corrected chi connectivity index (χ0v) is 11.9. The molecule has 1 nitrogen and oxygen atoms in total. The zero-order valence-electron chi connectivity index (χ0n) is 11.1. The van der Waals surface area contributed by atoms with Gasteiger partial charge in [0.05, 0.1) is 6.10 Å². The Morgan fingerprint density at radius 3 is 2.76 bits per heavy atom. The van der Waals surface area contributed by atoms with E-state index < -0.39 is 0 Å². The van der Waals surface area contributed by atoms with E-state index in [1.807, 2.05) is 13.0 Å². The summed E-state index contributed by atoms with van der Waals surface area (Å²) in [5.41, 5.74) is 3.35. The molecule has 0 radical (unpaired) electrons. The van der Waals surface area contributed by atoms with E-state index in [1.54, 1.807) is 0 Å². The molecule has 1 rings (SSSR count). The summed E-state index contributed by atoms with van der Waals surface area (Å²) in [6, 6.07) is 0. The van der Waals surface area contributed by atoms with Gasteiger partial charge >= 0.3 is 0 Å². The predicted octanol–water partition coefficient (Wildman–Crippen LogP) is 3.67. The highest BCUT2D eigenvalue weighted by molar-refractivity contribution is 6.19. The molecule has 0 saturated carbocycles. The molecule has 0 amide bonds. The highest BCUT2D eigenvalue weighted by atomic mass is 35.5. The standard InChI is InChI=1S/C15H21ClO/c1-11(7-8-16)5-6-14-12(2)9-13(17)10-15(14,3)4/h7,13,17H,8-10H2,1-4H3. The Balaban J connectivity index is 3.03. The number of rotatable bonds is 1. The molecule has 0 saturated heterocycles. The van der Waals surface area contributed by atoms with Gasteiger partial charge in [0.25, 0.3) is 0 Å². The third-order valence-electron chi connectivity index (χ3n) is 3.16. The molecule has 1 atom stereocenters. The van der Waals surface area contributed by atoms with E-state index in [-0.39, 0.29) is 11.5 Å². The lowest BCUT2D eigenvalue weighted by molar-refractivity contribution is 0.117. The summed E-state index contributed by atoms with van der Waals surface area (Å²) < 4.78 is 0. The molecule has 0 spiro atoms. The Morgan fingerprint density at radius 1 is 1.59 bits per heavy atom. The van der Waals surface area contributed by atoms with Gasteiger partial charge in [-0.15, -0.1) is 11.6 Å². The van der Waals surface area contributed by atoms with Gasteiger partial charge in [-0.3, -0.25) is 0 Å². The van der Waals surface area contributed by atoms with Gasteiger partial charge in [0, 0.05) is 16.9 Å². The molecule has 0 aromatic rings. The fraction of sp³-hybridized carbons (Fsp3) is 0.600. The van der Waals surface area contributed by atoms with E-state index in [4.69, 9.17) is 11.6 Å². The van der Waals surface area contributed by atoms with Crippen LogP contribution >= 0.6 is 11.6 Å². The minimum Gasteiger partial charge on any atom is -0.393 e. The maximum atomic E-state index is 9.78. The van der Waals surface area contributed by atoms with Crippen LogP contribution in [0.25, 0.3) is 0 Å². The van der Waals surface area contributed by atoms with E-state index in [9.17, 15) is 5.11 Å². The molecular weight excluding hydrogens is 232 g/mol. The molecule has 1 unspecified atom stereocenters. The van der Waals surface area contributed by atoms with E-state index in [1.165, 1.54) is 11.1 Å². The Morgan fingerprint density at radius 2 is 2.24 bits per heavy atom. The van der Waals surface area contributed by atoms with Crippen LogP contribution in [0.2, 0.25) is 0 Å². The van der Waals surface area contributed by atoms with E-state index in [0.717, 1.165) is 18.4 Å². The summed E-state index contributed by atoms with van der Waals surface area (Å²) in [6.45, 7) is 8.32. The molecule has 1 aliphatic rings. The molecule has 17 heavy (non-hydrogen) atoms. The maximum absolute atomic E-state index is 9.78. The van der Waals surface area contributed by atoms with Crippen LogP contribution < -0.4 is 0 Å². The smallest absolute Gasteiger partial charge is 0.0586 e. The molecule has 94 valence electrons. The number of aliphatic hydroxyl groups excluding tert-OH is 1. The number of allylic oxidation sites excluding steroid dienone is 3. The van der Waals surface area contributed by atoms with Crippen molar-refractivity contribution in [1.29, 1.82) is 0 Å². The van der Waals surface area contributed by atoms with Gasteiger partial charge in [-0.2, -0.15) is 0 Å². The van der Waals surface area contributed by atoms with Crippen LogP contribution in [-0.4, -0.2) is 17.1 Å². The van der Waals surface area contributed by atoms with Gasteiger partial charge in [0.2, 0.25) is 0 Å². The number of hydrogen-bond acceptors (Lipinski definition) is 1. The van der Waals surface area contributed by atoms with Crippen molar-refractivity contribution in [1.82, 2.24) is 0 Å². The summed E-state index contributed by atoms with van der Waals surface area (Å²) in [5.74, 6) is 6.90. The molecule has 1 N–H and O–H groups in total. The minimum atomic E-state index is -0.227.